The molecule has 7 heteroatoms. The zero-order chi connectivity index (χ0) is 18.2. The van der Waals surface area contributed by atoms with Gasteiger partial charge in [0, 0.05) is 12.1 Å². The standard InChI is InChI=1S/C18H21NO5S/c1-3-4-7-10-19-17(21)15(25-18(19)22)11-13-8-5-6-9-14(13)24-12-16(20)23-2/h5-6,8-9,11H,3-4,7,10,12H2,1-2H3/b15-11-. The number of para-hydroxylation sites is 1. The highest BCUT2D eigenvalue weighted by Crippen LogP contribution is 2.34. The molecule has 0 aromatic heterocycles. The largest absolute Gasteiger partial charge is 0.481 e. The molecule has 0 saturated carbocycles. The lowest BCUT2D eigenvalue weighted by Gasteiger charge is -2.11. The van der Waals surface area contributed by atoms with Crippen molar-refractivity contribution in [2.45, 2.75) is 26.2 Å². The van der Waals surface area contributed by atoms with Crippen LogP contribution >= 0.6 is 11.8 Å². The van der Waals surface area contributed by atoms with Crippen LogP contribution in [0, 0.1) is 0 Å². The first kappa shape index (κ1) is 19.1. The van der Waals surface area contributed by atoms with Gasteiger partial charge in [0.15, 0.2) is 6.61 Å². The number of thioether (sulfide) groups is 1. The van der Waals surface area contributed by atoms with E-state index in [1.54, 1.807) is 30.3 Å². The molecule has 2 amide bonds. The Morgan fingerprint density at radius 2 is 2.00 bits per heavy atom. The van der Waals surface area contributed by atoms with Gasteiger partial charge in [0.2, 0.25) is 0 Å². The first-order valence-electron chi connectivity index (χ1n) is 8.10. The normalized spacial score (nSPS) is 15.8. The van der Waals surface area contributed by atoms with Crippen LogP contribution in [0.5, 0.6) is 5.75 Å². The molecule has 2 rings (SSSR count). The summed E-state index contributed by atoms with van der Waals surface area (Å²) >= 11 is 0.924. The molecule has 1 fully saturated rings. The summed E-state index contributed by atoms with van der Waals surface area (Å²) in [6.45, 7) is 2.29. The SMILES string of the molecule is CCCCCN1C(=O)S/C(=C\c2ccccc2OCC(=O)OC)C1=O. The minimum Gasteiger partial charge on any atom is -0.481 e. The fourth-order valence-electron chi connectivity index (χ4n) is 2.28. The molecule has 0 aliphatic carbocycles. The van der Waals surface area contributed by atoms with Crippen molar-refractivity contribution in [1.29, 1.82) is 0 Å². The molecule has 0 unspecified atom stereocenters. The van der Waals surface area contributed by atoms with Crippen LogP contribution in [0.25, 0.3) is 6.08 Å². The number of hydrogen-bond acceptors (Lipinski definition) is 6. The average Bonchev–Trinajstić information content (AvgIpc) is 2.88. The lowest BCUT2D eigenvalue weighted by Crippen LogP contribution is -2.29. The molecular weight excluding hydrogens is 342 g/mol. The zero-order valence-electron chi connectivity index (χ0n) is 14.3. The number of benzene rings is 1. The highest BCUT2D eigenvalue weighted by molar-refractivity contribution is 8.18. The van der Waals surface area contributed by atoms with Gasteiger partial charge in [0.05, 0.1) is 12.0 Å². The number of amides is 2. The molecule has 1 aromatic rings. The summed E-state index contributed by atoms with van der Waals surface area (Å²) in [4.78, 5) is 37.4. The second-order valence-corrected chi connectivity index (χ2v) is 6.44. The number of unbranched alkanes of at least 4 members (excludes halogenated alkanes) is 2. The molecule has 1 aliphatic rings. The first-order valence-corrected chi connectivity index (χ1v) is 8.92. The number of hydrogen-bond donors (Lipinski definition) is 0. The van der Waals surface area contributed by atoms with Crippen molar-refractivity contribution in [2.24, 2.45) is 0 Å². The van der Waals surface area contributed by atoms with E-state index in [0.29, 0.717) is 22.8 Å². The van der Waals surface area contributed by atoms with Crippen molar-refractivity contribution in [3.05, 3.63) is 34.7 Å². The Morgan fingerprint density at radius 1 is 1.24 bits per heavy atom. The Balaban J connectivity index is 2.13. The topological polar surface area (TPSA) is 72.9 Å². The van der Waals surface area contributed by atoms with Crippen molar-refractivity contribution in [1.82, 2.24) is 4.90 Å². The van der Waals surface area contributed by atoms with Gasteiger partial charge in [-0.2, -0.15) is 0 Å². The van der Waals surface area contributed by atoms with Gasteiger partial charge in [-0.3, -0.25) is 14.5 Å². The highest BCUT2D eigenvalue weighted by atomic mass is 32.2. The van der Waals surface area contributed by atoms with Gasteiger partial charge in [-0.25, -0.2) is 4.79 Å². The first-order chi connectivity index (χ1) is 12.1. The smallest absolute Gasteiger partial charge is 0.343 e. The lowest BCUT2D eigenvalue weighted by atomic mass is 10.2. The van der Waals surface area contributed by atoms with Crippen LogP contribution in [-0.4, -0.2) is 42.3 Å². The number of imide groups is 1. The molecule has 0 N–H and O–H groups in total. The maximum atomic E-state index is 12.4. The van der Waals surface area contributed by atoms with Crippen LogP contribution in [0.4, 0.5) is 4.79 Å². The monoisotopic (exact) mass is 363 g/mol. The van der Waals surface area contributed by atoms with E-state index in [0.717, 1.165) is 31.0 Å². The minimum atomic E-state index is -0.494. The molecule has 0 spiro atoms. The van der Waals surface area contributed by atoms with Crippen molar-refractivity contribution in [3.63, 3.8) is 0 Å². The molecular formula is C18H21NO5S. The average molecular weight is 363 g/mol. The third-order valence-corrected chi connectivity index (χ3v) is 4.55. The summed E-state index contributed by atoms with van der Waals surface area (Å²) in [5.41, 5.74) is 0.630. The minimum absolute atomic E-state index is 0.222. The quantitative estimate of drug-likeness (QED) is 0.400. The van der Waals surface area contributed by atoms with Crippen LogP contribution in [0.3, 0.4) is 0 Å². The Kier molecular flexibility index (Phi) is 7.06. The summed E-state index contributed by atoms with van der Waals surface area (Å²) in [5, 5.41) is -0.250. The maximum absolute atomic E-state index is 12.4. The van der Waals surface area contributed by atoms with E-state index >= 15 is 0 Å². The van der Waals surface area contributed by atoms with Gasteiger partial charge in [-0.05, 0) is 30.3 Å². The van der Waals surface area contributed by atoms with E-state index in [9.17, 15) is 14.4 Å². The second kappa shape index (κ2) is 9.27. The molecule has 1 heterocycles. The molecule has 6 nitrogen and oxygen atoms in total. The Bertz CT molecular complexity index is 686. The Hall–Kier alpha value is -2.28. The number of ether oxygens (including phenoxy) is 2. The molecule has 1 saturated heterocycles. The van der Waals surface area contributed by atoms with Gasteiger partial charge < -0.3 is 9.47 Å². The van der Waals surface area contributed by atoms with Crippen LogP contribution in [-0.2, 0) is 14.3 Å². The van der Waals surface area contributed by atoms with Crippen LogP contribution in [0.15, 0.2) is 29.2 Å². The van der Waals surface area contributed by atoms with E-state index in [2.05, 4.69) is 11.7 Å². The summed E-state index contributed by atoms with van der Waals surface area (Å²) < 4.78 is 9.98. The molecule has 0 radical (unpaired) electrons. The fourth-order valence-corrected chi connectivity index (χ4v) is 3.14. The third kappa shape index (κ3) is 5.09. The van der Waals surface area contributed by atoms with E-state index in [1.807, 2.05) is 0 Å². The van der Waals surface area contributed by atoms with E-state index in [1.165, 1.54) is 12.0 Å². The molecule has 25 heavy (non-hydrogen) atoms. The molecule has 1 aromatic carbocycles. The summed E-state index contributed by atoms with van der Waals surface area (Å²) in [6.07, 6.45) is 4.43. The number of rotatable bonds is 8. The maximum Gasteiger partial charge on any atom is 0.343 e. The summed E-state index contributed by atoms with van der Waals surface area (Å²) in [7, 11) is 1.28. The highest BCUT2D eigenvalue weighted by Gasteiger charge is 2.34. The van der Waals surface area contributed by atoms with Gasteiger partial charge in [0.1, 0.15) is 5.75 Å². The van der Waals surface area contributed by atoms with Gasteiger partial charge >= 0.3 is 5.97 Å². The number of carbonyl (C=O) groups excluding carboxylic acids is 3. The van der Waals surface area contributed by atoms with Crippen molar-refractivity contribution in [2.75, 3.05) is 20.3 Å². The van der Waals surface area contributed by atoms with E-state index in [-0.39, 0.29) is 17.8 Å². The van der Waals surface area contributed by atoms with Gasteiger partial charge in [-0.1, -0.05) is 38.0 Å². The molecule has 0 bridgehead atoms. The second-order valence-electron chi connectivity index (χ2n) is 5.44. The fraction of sp³-hybridized carbons (Fsp3) is 0.389. The molecule has 1 aliphatic heterocycles. The Labute approximate surface area is 151 Å². The van der Waals surface area contributed by atoms with Crippen molar-refractivity contribution in [3.8, 4) is 5.75 Å². The lowest BCUT2D eigenvalue weighted by molar-refractivity contribution is -0.142. The number of methoxy groups -OCH3 is 1. The predicted molar refractivity (Wildman–Crippen MR) is 96.2 cm³/mol. The van der Waals surface area contributed by atoms with Crippen LogP contribution in [0.1, 0.15) is 31.7 Å². The van der Waals surface area contributed by atoms with E-state index in [4.69, 9.17) is 4.74 Å². The summed E-state index contributed by atoms with van der Waals surface area (Å²) in [5.74, 6) is -0.328. The Morgan fingerprint density at radius 3 is 2.72 bits per heavy atom. The van der Waals surface area contributed by atoms with E-state index < -0.39 is 5.97 Å². The van der Waals surface area contributed by atoms with Crippen LogP contribution in [0.2, 0.25) is 0 Å². The van der Waals surface area contributed by atoms with Gasteiger partial charge in [0.25, 0.3) is 11.1 Å². The number of esters is 1. The molecule has 134 valence electrons. The van der Waals surface area contributed by atoms with Crippen molar-refractivity contribution >= 4 is 35.0 Å². The van der Waals surface area contributed by atoms with Gasteiger partial charge in [-0.15, -0.1) is 0 Å². The van der Waals surface area contributed by atoms with Crippen molar-refractivity contribution < 1.29 is 23.9 Å². The zero-order valence-corrected chi connectivity index (χ0v) is 15.1. The number of nitrogens with zero attached hydrogens (tertiary/aromatic N) is 1. The summed E-state index contributed by atoms with van der Waals surface area (Å²) in [6, 6.07) is 7.01. The third-order valence-electron chi connectivity index (χ3n) is 3.64. The number of carbonyl (C=O) groups is 3. The molecule has 0 atom stereocenters. The predicted octanol–water partition coefficient (Wildman–Crippen LogP) is 3.46. The van der Waals surface area contributed by atoms with Crippen LogP contribution < -0.4 is 4.74 Å².